The summed E-state index contributed by atoms with van der Waals surface area (Å²) in [7, 11) is 1.61. The molecule has 1 heterocycles. The lowest BCUT2D eigenvalue weighted by atomic mass is 10.0. The number of aromatic nitrogens is 1. The highest BCUT2D eigenvalue weighted by Crippen LogP contribution is 2.40. The van der Waals surface area contributed by atoms with Crippen LogP contribution in [0.15, 0.2) is 33.9 Å². The molecule has 0 amide bonds. The van der Waals surface area contributed by atoms with Gasteiger partial charge >= 0.3 is 0 Å². The number of methoxy groups -OCH3 is 1. The fourth-order valence-corrected chi connectivity index (χ4v) is 3.33. The molecule has 124 valence electrons. The summed E-state index contributed by atoms with van der Waals surface area (Å²) < 4.78 is 6.28. The lowest BCUT2D eigenvalue weighted by Gasteiger charge is -2.18. The van der Waals surface area contributed by atoms with Gasteiger partial charge in [-0.1, -0.05) is 6.07 Å². The molecule has 0 fully saturated rings. The molecule has 0 atom stereocenters. The first-order chi connectivity index (χ1) is 11.1. The van der Waals surface area contributed by atoms with Crippen molar-refractivity contribution < 1.29 is 9.84 Å². The van der Waals surface area contributed by atoms with E-state index in [0.29, 0.717) is 30.1 Å². The average molecular weight is 398 g/mol. The van der Waals surface area contributed by atoms with E-state index in [2.05, 4.69) is 32.3 Å². The maximum atomic E-state index is 8.99. The van der Waals surface area contributed by atoms with E-state index < -0.39 is 0 Å². The molecule has 0 saturated carbocycles. The predicted octanol–water partition coefficient (Wildman–Crippen LogP) is 3.15. The number of nitrogen functional groups attached to an aromatic ring is 1. The van der Waals surface area contributed by atoms with Crippen LogP contribution in [0.25, 0.3) is 0 Å². The average Bonchev–Trinajstić information content (AvgIpc) is 2.58. The largest absolute Gasteiger partial charge is 0.494 e. The summed E-state index contributed by atoms with van der Waals surface area (Å²) >= 11 is 5.20. The van der Waals surface area contributed by atoms with Crippen LogP contribution in [0.2, 0.25) is 0 Å². The van der Waals surface area contributed by atoms with E-state index in [-0.39, 0.29) is 6.61 Å². The summed E-state index contributed by atoms with van der Waals surface area (Å²) in [4.78, 5) is 4.39. The highest BCUT2D eigenvalue weighted by atomic mass is 79.9. The molecule has 4 N–H and O–H groups in total. The third-order valence-corrected chi connectivity index (χ3v) is 5.09. The van der Waals surface area contributed by atoms with Crippen molar-refractivity contribution in [3.05, 3.63) is 40.0 Å². The van der Waals surface area contributed by atoms with Gasteiger partial charge in [0.2, 0.25) is 0 Å². The number of nitrogens with one attached hydrogen (secondary N) is 1. The number of ether oxygens (including phenoxy) is 1. The quantitative estimate of drug-likeness (QED) is 0.491. The van der Waals surface area contributed by atoms with Gasteiger partial charge in [0.25, 0.3) is 0 Å². The van der Waals surface area contributed by atoms with Crippen molar-refractivity contribution in [2.75, 3.05) is 37.6 Å². The fourth-order valence-electron chi connectivity index (χ4n) is 2.31. The van der Waals surface area contributed by atoms with E-state index in [1.54, 1.807) is 25.1 Å². The summed E-state index contributed by atoms with van der Waals surface area (Å²) in [5.41, 5.74) is 9.66. The van der Waals surface area contributed by atoms with Crippen LogP contribution in [0.4, 0.5) is 11.4 Å². The van der Waals surface area contributed by atoms with Crippen LogP contribution in [0, 0.1) is 0 Å². The minimum absolute atomic E-state index is 0.0226. The molecule has 5 nitrogen and oxygen atoms in total. The molecule has 0 bridgehead atoms. The second kappa shape index (κ2) is 8.42. The molecule has 7 heteroatoms. The van der Waals surface area contributed by atoms with Crippen LogP contribution in [0.1, 0.15) is 11.1 Å². The van der Waals surface area contributed by atoms with Crippen molar-refractivity contribution in [1.82, 2.24) is 4.98 Å². The molecular weight excluding hydrogens is 378 g/mol. The molecule has 23 heavy (non-hydrogen) atoms. The molecule has 0 spiro atoms. The number of nitrogens with two attached hydrogens (primary N) is 1. The summed E-state index contributed by atoms with van der Waals surface area (Å²) in [5.74, 6) is 0.656. The summed E-state index contributed by atoms with van der Waals surface area (Å²) in [5, 5.41) is 13.1. The Labute approximate surface area is 148 Å². The van der Waals surface area contributed by atoms with E-state index in [9.17, 15) is 0 Å². The van der Waals surface area contributed by atoms with Gasteiger partial charge < -0.3 is 20.9 Å². The topological polar surface area (TPSA) is 80.4 Å². The van der Waals surface area contributed by atoms with Gasteiger partial charge in [0.05, 0.1) is 24.4 Å². The normalized spacial score (nSPS) is 10.6. The third kappa shape index (κ3) is 4.10. The van der Waals surface area contributed by atoms with Gasteiger partial charge in [-0.05, 0) is 45.4 Å². The standard InChI is InChI=1S/C16H20BrN3O2S/c1-22-12-9-11(8-10-4-3-5-20-16(10)23-2)13(17)14(18)15(12)19-6-7-21/h3-5,9,19,21H,6-8,18H2,1-2H3. The molecule has 2 rings (SSSR count). The van der Waals surface area contributed by atoms with Crippen molar-refractivity contribution in [2.24, 2.45) is 0 Å². The molecule has 2 aromatic rings. The highest BCUT2D eigenvalue weighted by Gasteiger charge is 2.16. The van der Waals surface area contributed by atoms with Gasteiger partial charge in [-0.15, -0.1) is 11.8 Å². The molecule has 0 aliphatic rings. The van der Waals surface area contributed by atoms with Gasteiger partial charge in [-0.2, -0.15) is 0 Å². The molecule has 0 saturated heterocycles. The zero-order valence-electron chi connectivity index (χ0n) is 13.1. The van der Waals surface area contributed by atoms with Crippen molar-refractivity contribution in [2.45, 2.75) is 11.4 Å². The van der Waals surface area contributed by atoms with Crippen molar-refractivity contribution >= 4 is 39.1 Å². The van der Waals surface area contributed by atoms with Crippen LogP contribution in [0.5, 0.6) is 5.75 Å². The van der Waals surface area contributed by atoms with Crippen molar-refractivity contribution in [1.29, 1.82) is 0 Å². The molecule has 1 aromatic heterocycles. The Morgan fingerprint density at radius 2 is 2.22 bits per heavy atom. The molecule has 0 aliphatic carbocycles. The summed E-state index contributed by atoms with van der Waals surface area (Å²) in [6, 6.07) is 5.95. The molecule has 0 radical (unpaired) electrons. The zero-order chi connectivity index (χ0) is 16.8. The Balaban J connectivity index is 2.41. The monoisotopic (exact) mass is 397 g/mol. The summed E-state index contributed by atoms with van der Waals surface area (Å²) in [6.45, 7) is 0.431. The van der Waals surface area contributed by atoms with E-state index in [1.165, 1.54) is 0 Å². The van der Waals surface area contributed by atoms with Crippen LogP contribution in [0.3, 0.4) is 0 Å². The second-order valence-electron chi connectivity index (χ2n) is 4.84. The zero-order valence-corrected chi connectivity index (χ0v) is 15.5. The number of nitrogens with zero attached hydrogens (tertiary/aromatic N) is 1. The minimum Gasteiger partial charge on any atom is -0.494 e. The van der Waals surface area contributed by atoms with Gasteiger partial charge in [-0.3, -0.25) is 0 Å². The number of aliphatic hydroxyl groups excluding tert-OH is 1. The third-order valence-electron chi connectivity index (χ3n) is 3.40. The number of pyridine rings is 1. The van der Waals surface area contributed by atoms with Crippen molar-refractivity contribution in [3.63, 3.8) is 0 Å². The van der Waals surface area contributed by atoms with Crippen LogP contribution in [-0.4, -0.2) is 36.6 Å². The Bertz CT molecular complexity index is 683. The maximum Gasteiger partial charge on any atom is 0.144 e. The van der Waals surface area contributed by atoms with Gasteiger partial charge in [-0.25, -0.2) is 4.98 Å². The van der Waals surface area contributed by atoms with E-state index >= 15 is 0 Å². The minimum atomic E-state index is 0.0226. The molecule has 0 aliphatic heterocycles. The highest BCUT2D eigenvalue weighted by molar-refractivity contribution is 9.10. The maximum absolute atomic E-state index is 8.99. The Morgan fingerprint density at radius 3 is 2.87 bits per heavy atom. The van der Waals surface area contributed by atoms with Crippen LogP contribution >= 0.6 is 27.7 Å². The number of aliphatic hydroxyl groups is 1. The van der Waals surface area contributed by atoms with Crippen molar-refractivity contribution in [3.8, 4) is 5.75 Å². The van der Waals surface area contributed by atoms with E-state index in [4.69, 9.17) is 15.6 Å². The lowest BCUT2D eigenvalue weighted by molar-refractivity contribution is 0.311. The summed E-state index contributed by atoms with van der Waals surface area (Å²) in [6.07, 6.45) is 4.50. The molecular formula is C16H20BrN3O2S. The van der Waals surface area contributed by atoms with Gasteiger partial charge in [0.1, 0.15) is 11.4 Å². The first-order valence-corrected chi connectivity index (χ1v) is 9.11. The Hall–Kier alpha value is -1.44. The molecule has 0 unspecified atom stereocenters. The number of thioether (sulfide) groups is 1. The second-order valence-corrected chi connectivity index (χ2v) is 6.43. The van der Waals surface area contributed by atoms with Crippen LogP contribution in [-0.2, 0) is 6.42 Å². The number of hydrogen-bond donors (Lipinski definition) is 3. The first-order valence-electron chi connectivity index (χ1n) is 7.09. The lowest BCUT2D eigenvalue weighted by Crippen LogP contribution is -2.10. The van der Waals surface area contributed by atoms with Gasteiger partial charge in [0.15, 0.2) is 0 Å². The SMILES string of the molecule is COc1cc(Cc2cccnc2SC)c(Br)c(N)c1NCCO. The van der Waals surface area contributed by atoms with E-state index in [1.807, 2.05) is 18.4 Å². The fraction of sp³-hybridized carbons (Fsp3) is 0.312. The molecule has 1 aromatic carbocycles. The number of benzene rings is 1. The Kier molecular flexibility index (Phi) is 6.56. The number of anilines is 2. The van der Waals surface area contributed by atoms with E-state index in [0.717, 1.165) is 20.6 Å². The number of rotatable bonds is 7. The van der Waals surface area contributed by atoms with Crippen LogP contribution < -0.4 is 15.8 Å². The Morgan fingerprint density at radius 1 is 1.43 bits per heavy atom. The first kappa shape index (κ1) is 17.9. The number of halogens is 1. The van der Waals surface area contributed by atoms with Gasteiger partial charge in [0, 0.05) is 23.6 Å². The predicted molar refractivity (Wildman–Crippen MR) is 99.5 cm³/mol. The number of hydrogen-bond acceptors (Lipinski definition) is 6. The smallest absolute Gasteiger partial charge is 0.144 e.